The lowest BCUT2D eigenvalue weighted by Crippen LogP contribution is -2.32. The van der Waals surface area contributed by atoms with Gasteiger partial charge in [-0.3, -0.25) is 9.69 Å². The van der Waals surface area contributed by atoms with Crippen LogP contribution in [0.2, 0.25) is 0 Å². The molecule has 0 radical (unpaired) electrons. The van der Waals surface area contributed by atoms with Gasteiger partial charge in [-0.15, -0.1) is 0 Å². The molecule has 2 aromatic rings. The van der Waals surface area contributed by atoms with Gasteiger partial charge in [0.2, 0.25) is 0 Å². The van der Waals surface area contributed by atoms with E-state index in [1.807, 2.05) is 36.4 Å². The number of hydrogen-bond donors (Lipinski definition) is 3. The average Bonchev–Trinajstić information content (AvgIpc) is 2.84. The molecule has 0 saturated carbocycles. The zero-order chi connectivity index (χ0) is 17.3. The van der Waals surface area contributed by atoms with Crippen molar-refractivity contribution in [3.8, 4) is 0 Å². The average molecular weight is 341 g/mol. The Morgan fingerprint density at radius 1 is 1.17 bits per heavy atom. The van der Waals surface area contributed by atoms with Crippen LogP contribution in [0.3, 0.4) is 0 Å². The summed E-state index contributed by atoms with van der Waals surface area (Å²) in [6.45, 7) is 1.81. The number of fused-ring (bicyclic) bond motifs is 1. The number of aliphatic hydroxyl groups is 1. The highest BCUT2D eigenvalue weighted by molar-refractivity contribution is 7.77. The Kier molecular flexibility index (Phi) is 4.62. The van der Waals surface area contributed by atoms with Gasteiger partial charge in [-0.1, -0.05) is 61.3 Å². The van der Waals surface area contributed by atoms with Crippen molar-refractivity contribution >= 4 is 24.4 Å². The van der Waals surface area contributed by atoms with Crippen LogP contribution in [0, 0.1) is 0 Å². The van der Waals surface area contributed by atoms with Gasteiger partial charge < -0.3 is 10.5 Å². The molecule has 0 spiro atoms. The highest BCUT2D eigenvalue weighted by Crippen LogP contribution is 2.36. The summed E-state index contributed by atoms with van der Waals surface area (Å²) >= 11 is 4.24. The standard InChI is InChI=1S/C18H19N3O2S/c1-12(16(19-20(2)24)13-8-4-3-5-9-13)21-17(22)14-10-6-7-11-15(14)18(21)23/h3-11,17,19,22,24H,1-2H3/b16-12+. The maximum atomic E-state index is 12.7. The third-order valence-electron chi connectivity index (χ3n) is 3.99. The molecule has 5 nitrogen and oxygen atoms in total. The van der Waals surface area contributed by atoms with Crippen molar-refractivity contribution < 1.29 is 9.90 Å². The zero-order valence-electron chi connectivity index (χ0n) is 13.5. The molecule has 124 valence electrons. The molecule has 24 heavy (non-hydrogen) atoms. The minimum atomic E-state index is -1.00. The fourth-order valence-corrected chi connectivity index (χ4v) is 2.97. The highest BCUT2D eigenvalue weighted by Gasteiger charge is 2.37. The Morgan fingerprint density at radius 2 is 1.79 bits per heavy atom. The van der Waals surface area contributed by atoms with Crippen LogP contribution in [0.1, 0.15) is 34.6 Å². The number of amides is 1. The number of thiol groups is 1. The van der Waals surface area contributed by atoms with Crippen molar-refractivity contribution in [2.24, 2.45) is 0 Å². The fourth-order valence-electron chi connectivity index (χ4n) is 2.87. The Bertz CT molecular complexity index is 790. The van der Waals surface area contributed by atoms with Gasteiger partial charge >= 0.3 is 0 Å². The normalized spacial score (nSPS) is 17.8. The van der Waals surface area contributed by atoms with Crippen LogP contribution in [-0.2, 0) is 0 Å². The summed E-state index contributed by atoms with van der Waals surface area (Å²) in [4.78, 5) is 14.1. The van der Waals surface area contributed by atoms with Gasteiger partial charge in [0.25, 0.3) is 5.91 Å². The molecule has 0 aliphatic carbocycles. The van der Waals surface area contributed by atoms with E-state index in [0.29, 0.717) is 22.5 Å². The first-order chi connectivity index (χ1) is 11.5. The largest absolute Gasteiger partial charge is 0.369 e. The lowest BCUT2D eigenvalue weighted by Gasteiger charge is -2.26. The van der Waals surface area contributed by atoms with Crippen LogP contribution in [0.5, 0.6) is 0 Å². The van der Waals surface area contributed by atoms with Gasteiger partial charge in [0.1, 0.15) is 0 Å². The molecule has 0 saturated heterocycles. The van der Waals surface area contributed by atoms with Crippen molar-refractivity contribution in [3.05, 3.63) is 77.0 Å². The number of aliphatic hydroxyl groups excluding tert-OH is 1. The zero-order valence-corrected chi connectivity index (χ0v) is 14.4. The number of rotatable bonds is 4. The number of hydrazine groups is 1. The number of carbonyl (C=O) groups is 1. The number of hydrogen-bond acceptors (Lipinski definition) is 5. The predicted molar refractivity (Wildman–Crippen MR) is 96.5 cm³/mol. The Hall–Kier alpha value is -2.28. The minimum absolute atomic E-state index is 0.215. The summed E-state index contributed by atoms with van der Waals surface area (Å²) in [5, 5.41) is 10.6. The predicted octanol–water partition coefficient (Wildman–Crippen LogP) is 2.80. The topological polar surface area (TPSA) is 55.8 Å². The van der Waals surface area contributed by atoms with E-state index < -0.39 is 6.23 Å². The molecule has 0 aromatic heterocycles. The Morgan fingerprint density at radius 3 is 2.42 bits per heavy atom. The third-order valence-corrected chi connectivity index (χ3v) is 4.09. The van der Waals surface area contributed by atoms with Crippen molar-refractivity contribution in [2.75, 3.05) is 7.05 Å². The van der Waals surface area contributed by atoms with Crippen molar-refractivity contribution in [1.29, 1.82) is 0 Å². The van der Waals surface area contributed by atoms with Crippen molar-refractivity contribution in [1.82, 2.24) is 14.7 Å². The second-order valence-corrected chi connectivity index (χ2v) is 6.20. The van der Waals surface area contributed by atoms with E-state index in [1.54, 1.807) is 32.2 Å². The Labute approximate surface area is 146 Å². The molecule has 1 atom stereocenters. The monoisotopic (exact) mass is 341 g/mol. The summed E-state index contributed by atoms with van der Waals surface area (Å²) < 4.78 is 1.51. The number of nitrogens with zero attached hydrogens (tertiary/aromatic N) is 2. The Balaban J connectivity index is 2.08. The van der Waals surface area contributed by atoms with Gasteiger partial charge in [-0.2, -0.15) is 4.41 Å². The molecule has 3 rings (SSSR count). The second-order valence-electron chi connectivity index (χ2n) is 5.60. The molecule has 0 bridgehead atoms. The van der Waals surface area contributed by atoms with E-state index in [-0.39, 0.29) is 5.91 Å². The van der Waals surface area contributed by atoms with Crippen LogP contribution in [0.4, 0.5) is 0 Å². The molecule has 2 aromatic carbocycles. The van der Waals surface area contributed by atoms with E-state index in [1.165, 1.54) is 9.31 Å². The van der Waals surface area contributed by atoms with E-state index >= 15 is 0 Å². The first kappa shape index (κ1) is 16.6. The van der Waals surface area contributed by atoms with E-state index in [4.69, 9.17) is 0 Å². The molecule has 6 heteroatoms. The molecular weight excluding hydrogens is 322 g/mol. The van der Waals surface area contributed by atoms with Gasteiger partial charge in [0.15, 0.2) is 6.23 Å². The van der Waals surface area contributed by atoms with Crippen molar-refractivity contribution in [3.63, 3.8) is 0 Å². The summed E-state index contributed by atoms with van der Waals surface area (Å²) in [6, 6.07) is 16.7. The highest BCUT2D eigenvalue weighted by atomic mass is 32.1. The summed E-state index contributed by atoms with van der Waals surface area (Å²) in [6.07, 6.45) is -1.00. The lowest BCUT2D eigenvalue weighted by atomic mass is 10.1. The quantitative estimate of drug-likeness (QED) is 0.591. The fraction of sp³-hybridized carbons (Fsp3) is 0.167. The summed E-state index contributed by atoms with van der Waals surface area (Å²) in [5.41, 5.74) is 6.47. The van der Waals surface area contributed by atoms with E-state index in [0.717, 1.165) is 5.56 Å². The molecule has 1 aliphatic rings. The van der Waals surface area contributed by atoms with Crippen LogP contribution in [0.25, 0.3) is 5.70 Å². The van der Waals surface area contributed by atoms with Gasteiger partial charge in [0.05, 0.1) is 5.70 Å². The maximum Gasteiger partial charge on any atom is 0.260 e. The summed E-state index contributed by atoms with van der Waals surface area (Å²) in [5.74, 6) is -0.215. The van der Waals surface area contributed by atoms with Crippen LogP contribution < -0.4 is 5.43 Å². The first-order valence-corrected chi connectivity index (χ1v) is 7.97. The van der Waals surface area contributed by atoms with Gasteiger partial charge in [-0.25, -0.2) is 0 Å². The molecule has 1 amide bonds. The molecule has 1 unspecified atom stereocenters. The number of nitrogens with one attached hydrogen (secondary N) is 1. The van der Waals surface area contributed by atoms with Crippen LogP contribution in [-0.4, -0.2) is 27.4 Å². The third kappa shape index (κ3) is 2.91. The smallest absolute Gasteiger partial charge is 0.260 e. The molecule has 1 heterocycles. The second kappa shape index (κ2) is 6.68. The SMILES string of the molecule is C/C(=C(\NN(C)S)c1ccccc1)N1C(=O)c2ccccc2C1O. The van der Waals surface area contributed by atoms with E-state index in [9.17, 15) is 9.90 Å². The van der Waals surface area contributed by atoms with E-state index in [2.05, 4.69) is 18.2 Å². The molecular formula is C18H19N3O2S. The van der Waals surface area contributed by atoms with Crippen LogP contribution in [0.15, 0.2) is 60.3 Å². The summed E-state index contributed by atoms with van der Waals surface area (Å²) in [7, 11) is 1.75. The molecule has 2 N–H and O–H groups in total. The molecule has 1 aliphatic heterocycles. The minimum Gasteiger partial charge on any atom is -0.369 e. The number of benzene rings is 2. The van der Waals surface area contributed by atoms with Crippen molar-refractivity contribution in [2.45, 2.75) is 13.2 Å². The first-order valence-electron chi connectivity index (χ1n) is 7.57. The molecule has 0 fully saturated rings. The maximum absolute atomic E-state index is 12.7. The van der Waals surface area contributed by atoms with Gasteiger partial charge in [-0.05, 0) is 13.0 Å². The number of carbonyl (C=O) groups excluding carboxylic acids is 1. The number of allylic oxidation sites excluding steroid dienone is 1. The van der Waals surface area contributed by atoms with Crippen LogP contribution >= 0.6 is 12.8 Å². The van der Waals surface area contributed by atoms with Gasteiger partial charge in [0, 0.05) is 29.4 Å². The lowest BCUT2D eigenvalue weighted by molar-refractivity contribution is 0.0340.